The van der Waals surface area contributed by atoms with Gasteiger partial charge in [-0.15, -0.1) is 0 Å². The highest BCUT2D eigenvalue weighted by atomic mass is 16.8. The Kier molecular flexibility index (Phi) is 30.3. The Morgan fingerprint density at radius 2 is 0.704 bits per heavy atom. The first-order chi connectivity index (χ1) is 45.1. The van der Waals surface area contributed by atoms with Gasteiger partial charge < -0.3 is 138 Å². The average Bonchev–Trinajstić information content (AvgIpc) is 0.784. The molecule has 4 aliphatic heterocycles. The van der Waals surface area contributed by atoms with Crippen molar-refractivity contribution in [1.29, 1.82) is 0 Å². The number of nitrogens with one attached hydrogen (secondary N) is 2. The lowest BCUT2D eigenvalue weighted by atomic mass is 9.71. The van der Waals surface area contributed by atoms with E-state index in [1.807, 2.05) is 10.9 Å². The van der Waals surface area contributed by atoms with E-state index in [2.05, 4.69) is 10.2 Å². The molecule has 0 aromatic rings. The zero-order valence-corrected chi connectivity index (χ0v) is 55.3. The zero-order chi connectivity index (χ0) is 74.6. The molecule has 14 unspecified atom stereocenters. The van der Waals surface area contributed by atoms with Crippen molar-refractivity contribution < 1.29 is 176 Å². The number of hydrogen-bond donors (Lipinski definition) is 16. The molecule has 0 bridgehead atoms. The van der Waals surface area contributed by atoms with Gasteiger partial charge in [-0.2, -0.15) is 10.2 Å². The summed E-state index contributed by atoms with van der Waals surface area (Å²) in [6.07, 6.45) is -53.3. The number of ether oxygens (including phenoxy) is 12. The number of hydrogen-bond acceptors (Lipinski definition) is 32. The third-order valence-corrected chi connectivity index (χ3v) is 15.1. The molecule has 0 aliphatic carbocycles. The van der Waals surface area contributed by atoms with Crippen molar-refractivity contribution in [2.75, 3.05) is 0 Å². The molecule has 2 amide bonds. The summed E-state index contributed by atoms with van der Waals surface area (Å²) in [5.74, 6) is -15.7. The summed E-state index contributed by atoms with van der Waals surface area (Å²) in [7, 11) is 0. The van der Waals surface area contributed by atoms with E-state index < -0.39 is 242 Å². The number of carboxylic acid groups (broad SMARTS) is 6. The molecule has 4 rings (SSSR count). The Morgan fingerprint density at radius 1 is 0.418 bits per heavy atom. The number of amides is 2. The molecule has 0 saturated carbocycles. The molecule has 16 N–H and O–H groups in total. The SMILES string of the molecule is CC(C)(C)O[C@H]1OC(C(=O)O)[C@H](OC(/C=N/NC(=O)CCCCC(=O)N/N=C/C(OC(C(=O)O)C(C=O)O[C@@H]2OC(C(=O)O)[C@@H](C(C)(C)C)C(O)[C@@H]2O)O[C@@H]2C(C(=O)O)O[C@@H](OC(C)(C)C)[C@@H](O)C2O)OC(C(=O)O)C(C=O)O[C@H]2OC(C(=O)O)[C@H](C(C)(C)C)C(O)[C@H]2O)C(O)[C@H]1O. The monoisotopic (exact) mass is 1420 g/mol. The van der Waals surface area contributed by atoms with Crippen molar-refractivity contribution >= 4 is 72.6 Å². The first kappa shape index (κ1) is 84.1. The average molecular weight is 1420 g/mol. The number of carbonyl (C=O) groups excluding carboxylic acids is 4. The number of aliphatic hydroxyl groups excluding tert-OH is 8. The van der Waals surface area contributed by atoms with Crippen LogP contribution in [0, 0.1) is 22.7 Å². The summed E-state index contributed by atoms with van der Waals surface area (Å²) in [4.78, 5) is 127. The van der Waals surface area contributed by atoms with Gasteiger partial charge in [0.25, 0.3) is 0 Å². The fraction of sp³-hybridized carbons (Fsp3) is 0.793. The Bertz CT molecular complexity index is 2620. The first-order valence-electron chi connectivity index (χ1n) is 30.4. The molecule has 0 aromatic heterocycles. The van der Waals surface area contributed by atoms with Crippen LogP contribution in [0.15, 0.2) is 10.2 Å². The second-order valence-electron chi connectivity index (χ2n) is 27.3. The molecular formula is C58H90N4O36. The number of aliphatic carboxylic acids is 6. The van der Waals surface area contributed by atoms with Gasteiger partial charge in [0.15, 0.2) is 99.1 Å². The highest BCUT2D eigenvalue weighted by Crippen LogP contribution is 2.42. The van der Waals surface area contributed by atoms with E-state index in [1.54, 1.807) is 0 Å². The molecule has 26 atom stereocenters. The number of hydrazone groups is 2. The number of rotatable bonds is 33. The van der Waals surface area contributed by atoms with E-state index in [0.29, 0.717) is 12.4 Å². The van der Waals surface area contributed by atoms with Gasteiger partial charge in [0, 0.05) is 24.7 Å². The summed E-state index contributed by atoms with van der Waals surface area (Å²) >= 11 is 0. The van der Waals surface area contributed by atoms with Gasteiger partial charge in [-0.3, -0.25) is 9.59 Å². The quantitative estimate of drug-likeness (QED) is 0.00966. The summed E-state index contributed by atoms with van der Waals surface area (Å²) in [5, 5.41) is 157. The highest BCUT2D eigenvalue weighted by molar-refractivity contribution is 5.81. The van der Waals surface area contributed by atoms with Gasteiger partial charge in [0.2, 0.25) is 11.8 Å². The summed E-state index contributed by atoms with van der Waals surface area (Å²) in [6, 6.07) is 0. The summed E-state index contributed by atoms with van der Waals surface area (Å²) in [6.45, 7) is 18.1. The predicted molar refractivity (Wildman–Crippen MR) is 317 cm³/mol. The van der Waals surface area contributed by atoms with Gasteiger partial charge in [-0.1, -0.05) is 41.5 Å². The minimum atomic E-state index is -2.63. The lowest BCUT2D eigenvalue weighted by Crippen LogP contribution is -2.63. The van der Waals surface area contributed by atoms with Gasteiger partial charge >= 0.3 is 35.8 Å². The van der Waals surface area contributed by atoms with Crippen LogP contribution < -0.4 is 10.9 Å². The minimum Gasteiger partial charge on any atom is -0.479 e. The molecule has 40 heteroatoms. The van der Waals surface area contributed by atoms with E-state index in [0.717, 1.165) is 0 Å². The van der Waals surface area contributed by atoms with E-state index in [1.165, 1.54) is 83.1 Å². The maximum Gasteiger partial charge on any atom is 0.336 e. The van der Waals surface area contributed by atoms with E-state index in [-0.39, 0.29) is 25.4 Å². The third kappa shape index (κ3) is 23.1. The van der Waals surface area contributed by atoms with Crippen molar-refractivity contribution in [1.82, 2.24) is 10.9 Å². The smallest absolute Gasteiger partial charge is 0.336 e. The molecule has 4 saturated heterocycles. The highest BCUT2D eigenvalue weighted by Gasteiger charge is 2.57. The number of nitrogens with zero attached hydrogens (tertiary/aromatic N) is 2. The lowest BCUT2D eigenvalue weighted by molar-refractivity contribution is -0.333. The number of carboxylic acids is 6. The number of unbranched alkanes of at least 4 members (excludes halogenated alkanes) is 1. The zero-order valence-electron chi connectivity index (χ0n) is 55.3. The van der Waals surface area contributed by atoms with Gasteiger partial charge in [0.05, 0.1) is 35.8 Å². The topological polar surface area (TPSA) is 613 Å². The maximum atomic E-state index is 13.1. The molecular weight excluding hydrogens is 1330 g/mol. The van der Waals surface area contributed by atoms with Crippen molar-refractivity contribution in [3.05, 3.63) is 0 Å². The van der Waals surface area contributed by atoms with Crippen molar-refractivity contribution in [3.8, 4) is 0 Å². The second-order valence-corrected chi connectivity index (χ2v) is 27.3. The van der Waals surface area contributed by atoms with E-state index in [4.69, 9.17) is 56.8 Å². The number of aliphatic hydroxyl groups is 8. The molecule has 98 heavy (non-hydrogen) atoms. The summed E-state index contributed by atoms with van der Waals surface area (Å²) < 4.78 is 65.9. The van der Waals surface area contributed by atoms with Crippen LogP contribution in [0.5, 0.6) is 0 Å². The largest absolute Gasteiger partial charge is 0.479 e. The standard InChI is InChI=1S/C58H90N4O36/c1-55(2,3)27-29(67)33(71)51(93-39(27)47(79)80)87-21(19-63)37(45(75)76)89-25(91-41-31(69)35(73)53(97-57(7,8)9)95-43(41)49(83)84)17-59-61-23(65)15-13-14-16-24(66)62-60-18-26(92-42-32(70)36(74)54(98-58(10,11)12)96-44(42)50(85)86)90-38(46(77)78)22(20-64)88-52-34(72)30(68)28(56(4,5)6)40(94-52)48(81)82/h17-22,25-44,51-54,67-74H,13-16H2,1-12H3,(H,61,65)(H,62,66)(H,75,76)(H,77,78)(H,79,80)(H,81,82)(H,83,84)(H,85,86)/b59-17+,60-18+/t21?,22?,25?,26?,27-,28+,29?,30?,31?,32?,33-,34+,35-,36+,37?,38?,39?,40?,41-,42+,43?,44?,51+,52-,53-,54+. The molecule has 0 radical (unpaired) electrons. The lowest BCUT2D eigenvalue weighted by Gasteiger charge is -2.46. The van der Waals surface area contributed by atoms with Gasteiger partial charge in [-0.25, -0.2) is 39.6 Å². The van der Waals surface area contributed by atoms with Crippen LogP contribution >= 0.6 is 0 Å². The molecule has 4 fully saturated rings. The number of carbonyl (C=O) groups is 10. The maximum absolute atomic E-state index is 13.1. The van der Waals surface area contributed by atoms with Crippen LogP contribution in [0.1, 0.15) is 109 Å². The van der Waals surface area contributed by atoms with Crippen molar-refractivity contribution in [2.24, 2.45) is 32.9 Å². The number of aldehydes is 2. The molecule has 0 spiro atoms. The van der Waals surface area contributed by atoms with E-state index >= 15 is 0 Å². The van der Waals surface area contributed by atoms with Crippen LogP contribution in [0.25, 0.3) is 0 Å². The Labute approximate surface area is 558 Å². The van der Waals surface area contributed by atoms with Crippen LogP contribution in [-0.2, 0) is 105 Å². The molecule has 4 heterocycles. The Balaban J connectivity index is 1.56. The predicted octanol–water partition coefficient (Wildman–Crippen LogP) is -4.64. The molecule has 4 aliphatic rings. The van der Waals surface area contributed by atoms with Gasteiger partial charge in [-0.05, 0) is 65.2 Å². The molecule has 40 nitrogen and oxygen atoms in total. The van der Waals surface area contributed by atoms with Crippen molar-refractivity contribution in [3.63, 3.8) is 0 Å². The van der Waals surface area contributed by atoms with Crippen LogP contribution in [0.4, 0.5) is 0 Å². The van der Waals surface area contributed by atoms with Gasteiger partial charge in [0.1, 0.15) is 48.8 Å². The van der Waals surface area contributed by atoms with Crippen LogP contribution in [-0.4, -0.2) is 303 Å². The fourth-order valence-electron chi connectivity index (χ4n) is 10.6. The van der Waals surface area contributed by atoms with Crippen LogP contribution in [0.3, 0.4) is 0 Å². The normalized spacial score (nSPS) is 33.1. The molecule has 558 valence electrons. The fourth-order valence-corrected chi connectivity index (χ4v) is 10.6. The summed E-state index contributed by atoms with van der Waals surface area (Å²) in [5.41, 5.74) is -0.297. The van der Waals surface area contributed by atoms with E-state index in [9.17, 15) is 119 Å². The second kappa shape index (κ2) is 35.3. The Morgan fingerprint density at radius 3 is 0.959 bits per heavy atom. The third-order valence-electron chi connectivity index (χ3n) is 15.1. The Hall–Kier alpha value is -6.36. The van der Waals surface area contributed by atoms with Crippen molar-refractivity contribution in [2.45, 2.75) is 268 Å². The van der Waals surface area contributed by atoms with Crippen LogP contribution in [0.2, 0.25) is 0 Å². The first-order valence-corrected chi connectivity index (χ1v) is 30.4. The molecule has 0 aromatic carbocycles. The minimum absolute atomic E-state index is 0.167.